The molecule has 2 rings (SSSR count). The highest BCUT2D eigenvalue weighted by Gasteiger charge is 2.37. The van der Waals surface area contributed by atoms with Crippen molar-refractivity contribution in [1.29, 1.82) is 5.41 Å². The lowest BCUT2D eigenvalue weighted by Crippen LogP contribution is -2.55. The first-order chi connectivity index (χ1) is 17.2. The van der Waals surface area contributed by atoms with Crippen LogP contribution in [0.2, 0.25) is 0 Å². The van der Waals surface area contributed by atoms with Crippen LogP contribution in [-0.4, -0.2) is 66.3 Å². The number of benzene rings is 1. The molecule has 1 fully saturated rings. The van der Waals surface area contributed by atoms with Gasteiger partial charge in [-0.3, -0.25) is 19.9 Å². The lowest BCUT2D eigenvalue weighted by atomic mass is 10.0. The highest BCUT2D eigenvalue weighted by atomic mass is 35.5. The van der Waals surface area contributed by atoms with Crippen molar-refractivity contribution >= 4 is 42.6 Å². The smallest absolute Gasteiger partial charge is 0.410 e. The maximum absolute atomic E-state index is 13.1. The van der Waals surface area contributed by atoms with E-state index in [1.165, 1.54) is 4.90 Å². The number of amides is 3. The molecule has 206 valence electrons. The molecule has 1 aromatic rings. The summed E-state index contributed by atoms with van der Waals surface area (Å²) in [4.78, 5) is 51.6. The van der Waals surface area contributed by atoms with E-state index in [2.05, 4.69) is 16.0 Å². The topological polar surface area (TPSA) is 167 Å². The Morgan fingerprint density at radius 2 is 1.92 bits per heavy atom. The average molecular weight is 539 g/mol. The van der Waals surface area contributed by atoms with E-state index in [4.69, 9.17) is 15.9 Å². The number of carbonyl (C=O) groups is 4. The van der Waals surface area contributed by atoms with Crippen molar-refractivity contribution < 1.29 is 23.9 Å². The zero-order valence-corrected chi connectivity index (χ0v) is 22.2. The Labute approximate surface area is 224 Å². The summed E-state index contributed by atoms with van der Waals surface area (Å²) in [7, 11) is 0. The lowest BCUT2D eigenvalue weighted by Gasteiger charge is -2.27. The third kappa shape index (κ3) is 11.1. The fourth-order valence-corrected chi connectivity index (χ4v) is 4.03. The van der Waals surface area contributed by atoms with Crippen molar-refractivity contribution in [3.63, 3.8) is 0 Å². The second-order valence-electron chi connectivity index (χ2n) is 9.32. The van der Waals surface area contributed by atoms with Crippen LogP contribution < -0.4 is 21.7 Å². The van der Waals surface area contributed by atoms with E-state index >= 15 is 0 Å². The van der Waals surface area contributed by atoms with E-state index in [1.54, 1.807) is 0 Å². The number of rotatable bonds is 13. The molecule has 0 radical (unpaired) electrons. The number of ether oxygens (including phenoxy) is 1. The van der Waals surface area contributed by atoms with Gasteiger partial charge in [0.2, 0.25) is 11.8 Å². The number of nitrogens with one attached hydrogen (secondary N) is 4. The molecule has 11 nitrogen and oxygen atoms in total. The summed E-state index contributed by atoms with van der Waals surface area (Å²) in [5, 5.41) is 15.3. The molecule has 0 aromatic heterocycles. The first-order valence-corrected chi connectivity index (χ1v) is 12.3. The van der Waals surface area contributed by atoms with Gasteiger partial charge in [0, 0.05) is 13.1 Å². The van der Waals surface area contributed by atoms with Crippen LogP contribution in [0.25, 0.3) is 0 Å². The molecule has 1 saturated heterocycles. The number of likely N-dealkylation sites (tertiary alicyclic amines) is 1. The Morgan fingerprint density at radius 3 is 2.54 bits per heavy atom. The summed E-state index contributed by atoms with van der Waals surface area (Å²) < 4.78 is 5.40. The van der Waals surface area contributed by atoms with E-state index in [0.717, 1.165) is 5.56 Å². The molecular weight excluding hydrogens is 500 g/mol. The van der Waals surface area contributed by atoms with Gasteiger partial charge in [-0.05, 0) is 43.6 Å². The van der Waals surface area contributed by atoms with Crippen LogP contribution >= 0.6 is 12.4 Å². The third-order valence-electron chi connectivity index (χ3n) is 5.83. The Bertz CT molecular complexity index is 901. The van der Waals surface area contributed by atoms with E-state index < -0.39 is 36.0 Å². The normalized spacial score (nSPS) is 16.2. The number of guanidine groups is 1. The number of carbonyl (C=O) groups excluding carboxylic acids is 4. The van der Waals surface area contributed by atoms with Gasteiger partial charge in [0.15, 0.2) is 5.96 Å². The predicted molar refractivity (Wildman–Crippen MR) is 142 cm³/mol. The Balaban J connectivity index is 0.00000684. The summed E-state index contributed by atoms with van der Waals surface area (Å²) in [6.07, 6.45) is 2.47. The molecule has 1 aliphatic heterocycles. The maximum atomic E-state index is 13.1. The molecule has 3 amide bonds. The highest BCUT2D eigenvalue weighted by molar-refractivity contribution is 5.92. The van der Waals surface area contributed by atoms with Crippen molar-refractivity contribution in [3.05, 3.63) is 35.9 Å². The van der Waals surface area contributed by atoms with Gasteiger partial charge >= 0.3 is 6.09 Å². The van der Waals surface area contributed by atoms with Gasteiger partial charge in [0.25, 0.3) is 0 Å². The molecule has 0 aliphatic carbocycles. The van der Waals surface area contributed by atoms with Gasteiger partial charge in [-0.25, -0.2) is 4.79 Å². The fourth-order valence-electron chi connectivity index (χ4n) is 4.03. The van der Waals surface area contributed by atoms with Gasteiger partial charge in [0.05, 0.1) is 6.04 Å². The molecule has 0 spiro atoms. The molecule has 1 aromatic carbocycles. The minimum Gasteiger partial charge on any atom is -0.445 e. The monoisotopic (exact) mass is 538 g/mol. The molecule has 0 unspecified atom stereocenters. The van der Waals surface area contributed by atoms with Crippen LogP contribution in [0.4, 0.5) is 4.79 Å². The van der Waals surface area contributed by atoms with Gasteiger partial charge < -0.3 is 31.2 Å². The maximum Gasteiger partial charge on any atom is 0.410 e. The average Bonchev–Trinajstić information content (AvgIpc) is 3.34. The molecule has 1 heterocycles. The van der Waals surface area contributed by atoms with Crippen LogP contribution in [0.1, 0.15) is 51.5 Å². The fraction of sp³-hybridized carbons (Fsp3) is 0.560. The molecule has 0 saturated carbocycles. The van der Waals surface area contributed by atoms with Crippen LogP contribution in [0.15, 0.2) is 30.3 Å². The Kier molecular flexibility index (Phi) is 14.1. The minimum atomic E-state index is -0.849. The number of hydrogen-bond donors (Lipinski definition) is 5. The van der Waals surface area contributed by atoms with Gasteiger partial charge in [-0.1, -0.05) is 44.2 Å². The Hall–Kier alpha value is -3.34. The van der Waals surface area contributed by atoms with Crippen LogP contribution in [0, 0.1) is 11.3 Å². The lowest BCUT2D eigenvalue weighted by molar-refractivity contribution is -0.132. The SMILES string of the molecule is CC(C)C[C@H](NC(=O)[C@@H]1CCCN1C(=O)OCc1ccccc1)C(=O)N[C@H](C=O)CCCNC(=N)N.Cl. The second kappa shape index (κ2) is 16.4. The van der Waals surface area contributed by atoms with E-state index in [9.17, 15) is 19.2 Å². The quantitative estimate of drug-likeness (QED) is 0.110. The van der Waals surface area contributed by atoms with Crippen molar-refractivity contribution in [2.75, 3.05) is 13.1 Å². The largest absolute Gasteiger partial charge is 0.445 e. The third-order valence-corrected chi connectivity index (χ3v) is 5.83. The zero-order valence-electron chi connectivity index (χ0n) is 21.4. The first-order valence-electron chi connectivity index (χ1n) is 12.3. The highest BCUT2D eigenvalue weighted by Crippen LogP contribution is 2.20. The standard InChI is InChI=1S/C25H38N6O5.ClH/c1-17(2)14-20(22(33)29-19(15-32)10-6-12-28-24(26)27)30-23(34)21-11-7-13-31(21)25(35)36-16-18-8-4-3-5-9-18;/h3-5,8-9,15,17,19-21H,6-7,10-14,16H2,1-2H3,(H,29,33)(H,30,34)(H4,26,27,28);1H/t19-,20-,21-;/m0./s1. The first kappa shape index (κ1) is 31.7. The van der Waals surface area contributed by atoms with Gasteiger partial charge in [-0.2, -0.15) is 0 Å². The Morgan fingerprint density at radius 1 is 1.22 bits per heavy atom. The number of aldehydes is 1. The summed E-state index contributed by atoms with van der Waals surface area (Å²) >= 11 is 0. The molecular formula is C25H39ClN6O5. The van der Waals surface area contributed by atoms with Gasteiger partial charge in [0.1, 0.15) is 25.0 Å². The number of nitrogens with two attached hydrogens (primary N) is 1. The summed E-state index contributed by atoms with van der Waals surface area (Å²) in [6.45, 7) is 4.77. The van der Waals surface area contributed by atoms with Crippen LogP contribution in [-0.2, 0) is 25.7 Å². The van der Waals surface area contributed by atoms with E-state index in [-0.39, 0.29) is 30.9 Å². The second-order valence-corrected chi connectivity index (χ2v) is 9.32. The van der Waals surface area contributed by atoms with E-state index in [0.29, 0.717) is 51.5 Å². The zero-order chi connectivity index (χ0) is 26.5. The molecule has 3 atom stereocenters. The van der Waals surface area contributed by atoms with Crippen molar-refractivity contribution in [3.8, 4) is 0 Å². The van der Waals surface area contributed by atoms with Gasteiger partial charge in [-0.15, -0.1) is 12.4 Å². The van der Waals surface area contributed by atoms with Crippen molar-refractivity contribution in [1.82, 2.24) is 20.9 Å². The minimum absolute atomic E-state index is 0. The predicted octanol–water partition coefficient (Wildman–Crippen LogP) is 1.69. The van der Waals surface area contributed by atoms with Crippen molar-refractivity contribution in [2.24, 2.45) is 11.7 Å². The summed E-state index contributed by atoms with van der Waals surface area (Å²) in [5.74, 6) is -0.930. The van der Waals surface area contributed by atoms with Crippen molar-refractivity contribution in [2.45, 2.75) is 70.7 Å². The molecule has 37 heavy (non-hydrogen) atoms. The summed E-state index contributed by atoms with van der Waals surface area (Å²) in [6, 6.07) is 6.98. The molecule has 12 heteroatoms. The molecule has 0 bridgehead atoms. The van der Waals surface area contributed by atoms with Crippen LogP contribution in [0.3, 0.4) is 0 Å². The number of nitrogens with zero attached hydrogens (tertiary/aromatic N) is 1. The summed E-state index contributed by atoms with van der Waals surface area (Å²) in [5.41, 5.74) is 6.09. The van der Waals surface area contributed by atoms with Crippen LogP contribution in [0.5, 0.6) is 0 Å². The number of hydrogen-bond acceptors (Lipinski definition) is 6. The number of halogens is 1. The van der Waals surface area contributed by atoms with E-state index in [1.807, 2.05) is 44.2 Å². The molecule has 1 aliphatic rings. The molecule has 6 N–H and O–H groups in total.